The molecule has 7 heteroatoms. The highest BCUT2D eigenvalue weighted by Gasteiger charge is 2.10. The van der Waals surface area contributed by atoms with Gasteiger partial charge < -0.3 is 5.32 Å². The quantitative estimate of drug-likeness (QED) is 0.805. The molecular formula is C14H17FN4OS. The number of carbonyl (C=O) groups is 1. The molecule has 112 valence electrons. The number of hydrogen-bond donors (Lipinski definition) is 2. The van der Waals surface area contributed by atoms with Gasteiger partial charge in [-0.15, -0.1) is 0 Å². The largest absolute Gasteiger partial charge is 0.350 e. The van der Waals surface area contributed by atoms with Crippen LogP contribution in [0.4, 0.5) is 4.39 Å². The van der Waals surface area contributed by atoms with Gasteiger partial charge in [0.2, 0.25) is 5.91 Å². The molecule has 5 nitrogen and oxygen atoms in total. The van der Waals surface area contributed by atoms with Crippen LogP contribution in [-0.4, -0.2) is 20.7 Å². The topological polar surface area (TPSA) is 62.7 Å². The number of carbonyl (C=O) groups excluding carboxylic acids is 1. The zero-order valence-electron chi connectivity index (χ0n) is 11.7. The van der Waals surface area contributed by atoms with Gasteiger partial charge in [-0.05, 0) is 24.7 Å². The molecule has 2 aromatic rings. The number of H-pyrrole nitrogens is 1. The zero-order valence-corrected chi connectivity index (χ0v) is 12.5. The highest BCUT2D eigenvalue weighted by atomic mass is 32.1. The second-order valence-electron chi connectivity index (χ2n) is 4.65. The van der Waals surface area contributed by atoms with E-state index in [4.69, 9.17) is 12.2 Å². The van der Waals surface area contributed by atoms with Gasteiger partial charge in [0.25, 0.3) is 0 Å². The molecule has 0 radical (unpaired) electrons. The Morgan fingerprint density at radius 3 is 2.95 bits per heavy atom. The van der Waals surface area contributed by atoms with E-state index in [1.54, 1.807) is 22.8 Å². The van der Waals surface area contributed by atoms with Crippen LogP contribution in [0, 0.1) is 10.6 Å². The monoisotopic (exact) mass is 308 g/mol. The van der Waals surface area contributed by atoms with E-state index in [1.165, 1.54) is 6.07 Å². The van der Waals surface area contributed by atoms with Gasteiger partial charge in [-0.25, -0.2) is 4.39 Å². The molecule has 1 amide bonds. The van der Waals surface area contributed by atoms with Crippen molar-refractivity contribution in [1.82, 2.24) is 20.1 Å². The van der Waals surface area contributed by atoms with Crippen molar-refractivity contribution in [2.24, 2.45) is 0 Å². The normalized spacial score (nSPS) is 10.6. The van der Waals surface area contributed by atoms with Crippen molar-refractivity contribution >= 4 is 18.1 Å². The Kier molecular flexibility index (Phi) is 5.21. The smallest absolute Gasteiger partial charge is 0.240 e. The van der Waals surface area contributed by atoms with Gasteiger partial charge in [-0.1, -0.05) is 25.1 Å². The minimum absolute atomic E-state index is 0.0825. The van der Waals surface area contributed by atoms with Crippen molar-refractivity contribution in [3.63, 3.8) is 0 Å². The Bertz CT molecular complexity index is 680. The minimum Gasteiger partial charge on any atom is -0.350 e. The summed E-state index contributed by atoms with van der Waals surface area (Å²) in [5, 5.41) is 9.47. The molecule has 0 aliphatic heterocycles. The van der Waals surface area contributed by atoms with Gasteiger partial charge in [0.1, 0.15) is 18.2 Å². The van der Waals surface area contributed by atoms with Gasteiger partial charge >= 0.3 is 0 Å². The molecule has 1 aromatic carbocycles. The standard InChI is InChI=1S/C14H17FN4OS/c1-2-5-12-17-18-14(21)19(12)9-13(20)16-8-10-6-3-4-7-11(10)15/h3-4,6-7H,2,5,8-9H2,1H3,(H,16,20)(H,18,21). The van der Waals surface area contributed by atoms with E-state index in [0.717, 1.165) is 18.7 Å². The zero-order chi connectivity index (χ0) is 15.2. The Balaban J connectivity index is 1.98. The van der Waals surface area contributed by atoms with Gasteiger partial charge in [0.05, 0.1) is 0 Å². The second-order valence-corrected chi connectivity index (χ2v) is 5.04. The van der Waals surface area contributed by atoms with Gasteiger partial charge in [-0.3, -0.25) is 14.5 Å². The molecule has 0 saturated heterocycles. The first-order chi connectivity index (χ1) is 10.1. The number of aryl methyl sites for hydroxylation is 1. The third kappa shape index (κ3) is 3.98. The second kappa shape index (κ2) is 7.12. The lowest BCUT2D eigenvalue weighted by Gasteiger charge is -2.08. The van der Waals surface area contributed by atoms with E-state index >= 15 is 0 Å². The summed E-state index contributed by atoms with van der Waals surface area (Å²) >= 11 is 5.11. The maximum absolute atomic E-state index is 13.5. The van der Waals surface area contributed by atoms with Crippen molar-refractivity contribution in [1.29, 1.82) is 0 Å². The van der Waals surface area contributed by atoms with Gasteiger partial charge in [0, 0.05) is 18.5 Å². The fraction of sp³-hybridized carbons (Fsp3) is 0.357. The molecule has 0 aliphatic rings. The number of nitrogens with zero attached hydrogens (tertiary/aromatic N) is 2. The lowest BCUT2D eigenvalue weighted by Crippen LogP contribution is -2.28. The number of aromatic nitrogens is 3. The molecule has 0 spiro atoms. The third-order valence-corrected chi connectivity index (χ3v) is 3.36. The van der Waals surface area contributed by atoms with Crippen molar-refractivity contribution in [3.8, 4) is 0 Å². The van der Waals surface area contributed by atoms with E-state index in [9.17, 15) is 9.18 Å². The van der Waals surface area contributed by atoms with Crippen LogP contribution < -0.4 is 5.32 Å². The summed E-state index contributed by atoms with van der Waals surface area (Å²) in [6, 6.07) is 6.35. The average molecular weight is 308 g/mol. The molecule has 1 heterocycles. The van der Waals surface area contributed by atoms with Crippen molar-refractivity contribution in [2.75, 3.05) is 0 Å². The molecule has 0 unspecified atom stereocenters. The van der Waals surface area contributed by atoms with E-state index in [0.29, 0.717) is 10.3 Å². The third-order valence-electron chi connectivity index (χ3n) is 3.05. The van der Waals surface area contributed by atoms with Crippen LogP contribution in [0.15, 0.2) is 24.3 Å². The van der Waals surface area contributed by atoms with Crippen molar-refractivity contribution in [2.45, 2.75) is 32.9 Å². The van der Waals surface area contributed by atoms with E-state index in [2.05, 4.69) is 15.5 Å². The highest BCUT2D eigenvalue weighted by Crippen LogP contribution is 2.06. The molecule has 0 aliphatic carbocycles. The summed E-state index contributed by atoms with van der Waals surface area (Å²) in [6.45, 7) is 2.26. The van der Waals surface area contributed by atoms with Crippen LogP contribution in [0.3, 0.4) is 0 Å². The Morgan fingerprint density at radius 1 is 1.48 bits per heavy atom. The van der Waals surface area contributed by atoms with Gasteiger partial charge in [-0.2, -0.15) is 5.10 Å². The van der Waals surface area contributed by atoms with Crippen LogP contribution in [0.1, 0.15) is 24.7 Å². The van der Waals surface area contributed by atoms with Crippen LogP contribution in [0.5, 0.6) is 0 Å². The molecule has 21 heavy (non-hydrogen) atoms. The Labute approximate surface area is 127 Å². The molecule has 1 aromatic heterocycles. The Morgan fingerprint density at radius 2 is 2.24 bits per heavy atom. The summed E-state index contributed by atoms with van der Waals surface area (Å²) < 4.78 is 15.5. The maximum Gasteiger partial charge on any atom is 0.240 e. The summed E-state index contributed by atoms with van der Waals surface area (Å²) in [5.41, 5.74) is 0.454. The first-order valence-corrected chi connectivity index (χ1v) is 7.16. The number of amides is 1. The summed E-state index contributed by atoms with van der Waals surface area (Å²) in [5.74, 6) is 0.195. The first-order valence-electron chi connectivity index (χ1n) is 6.76. The van der Waals surface area contributed by atoms with Crippen LogP contribution in [0.2, 0.25) is 0 Å². The van der Waals surface area contributed by atoms with Crippen LogP contribution in [-0.2, 0) is 24.3 Å². The first kappa shape index (κ1) is 15.4. The van der Waals surface area contributed by atoms with Crippen molar-refractivity contribution < 1.29 is 9.18 Å². The number of benzene rings is 1. The lowest BCUT2D eigenvalue weighted by molar-refractivity contribution is -0.121. The molecule has 0 bridgehead atoms. The Hall–Kier alpha value is -2.02. The molecule has 0 atom stereocenters. The van der Waals surface area contributed by atoms with E-state index < -0.39 is 0 Å². The van der Waals surface area contributed by atoms with Gasteiger partial charge in [0.15, 0.2) is 4.77 Å². The summed E-state index contributed by atoms with van der Waals surface area (Å²) in [7, 11) is 0. The minimum atomic E-state index is -0.329. The molecular weight excluding hydrogens is 291 g/mol. The molecule has 2 N–H and O–H groups in total. The SMILES string of the molecule is CCCc1n[nH]c(=S)n1CC(=O)NCc1ccccc1F. The average Bonchev–Trinajstić information content (AvgIpc) is 2.80. The van der Waals surface area contributed by atoms with Crippen LogP contribution in [0.25, 0.3) is 0 Å². The fourth-order valence-electron chi connectivity index (χ4n) is 1.96. The summed E-state index contributed by atoms with van der Waals surface area (Å²) in [6.07, 6.45) is 1.66. The highest BCUT2D eigenvalue weighted by molar-refractivity contribution is 7.71. The number of nitrogens with one attached hydrogen (secondary N) is 2. The fourth-order valence-corrected chi connectivity index (χ4v) is 2.18. The maximum atomic E-state index is 13.5. The van der Waals surface area contributed by atoms with E-state index in [-0.39, 0.29) is 24.8 Å². The van der Waals surface area contributed by atoms with Crippen LogP contribution >= 0.6 is 12.2 Å². The van der Waals surface area contributed by atoms with Crippen molar-refractivity contribution in [3.05, 3.63) is 46.2 Å². The predicted molar refractivity (Wildman–Crippen MR) is 79.7 cm³/mol. The number of halogens is 1. The number of rotatable bonds is 6. The van der Waals surface area contributed by atoms with E-state index in [1.807, 2.05) is 6.92 Å². The predicted octanol–water partition coefficient (Wildman–Crippen LogP) is 2.35. The summed E-state index contributed by atoms with van der Waals surface area (Å²) in [4.78, 5) is 12.0. The molecule has 0 fully saturated rings. The number of aromatic amines is 1. The molecule has 2 rings (SSSR count). The number of hydrogen-bond acceptors (Lipinski definition) is 3. The lowest BCUT2D eigenvalue weighted by atomic mass is 10.2. The molecule has 0 saturated carbocycles.